The number of rotatable bonds is 4. The van der Waals surface area contributed by atoms with E-state index in [2.05, 4.69) is 20.3 Å². The van der Waals surface area contributed by atoms with Crippen molar-refractivity contribution in [1.82, 2.24) is 14.8 Å². The fourth-order valence-corrected chi connectivity index (χ4v) is 3.88. The predicted octanol–water partition coefficient (Wildman–Crippen LogP) is 2.77. The third-order valence-corrected chi connectivity index (χ3v) is 5.52. The maximum atomic E-state index is 14.2. The van der Waals surface area contributed by atoms with Gasteiger partial charge in [0.2, 0.25) is 0 Å². The zero-order valence-electron chi connectivity index (χ0n) is 17.4. The fraction of sp³-hybridized carbons (Fsp3) is 0.318. The van der Waals surface area contributed by atoms with Crippen molar-refractivity contribution in [2.75, 3.05) is 29.0 Å². The molecule has 0 saturated carbocycles. The van der Waals surface area contributed by atoms with Gasteiger partial charge in [-0.1, -0.05) is 12.1 Å². The van der Waals surface area contributed by atoms with Crippen molar-refractivity contribution in [2.24, 2.45) is 12.8 Å². The second-order valence-electron chi connectivity index (χ2n) is 7.75. The molecule has 4 rings (SSSR count). The minimum absolute atomic E-state index is 0.0356. The number of benzene rings is 1. The number of aryl methyl sites for hydroxylation is 1. The largest absolute Gasteiger partial charge is 0.397 e. The van der Waals surface area contributed by atoms with Crippen LogP contribution in [-0.2, 0) is 7.05 Å². The van der Waals surface area contributed by atoms with Crippen LogP contribution in [0.2, 0.25) is 0 Å². The van der Waals surface area contributed by atoms with Crippen molar-refractivity contribution in [2.45, 2.75) is 25.3 Å². The molecule has 1 fully saturated rings. The Kier molecular flexibility index (Phi) is 5.85. The van der Waals surface area contributed by atoms with Gasteiger partial charge in [-0.25, -0.2) is 9.37 Å². The molecule has 1 amide bonds. The molecule has 31 heavy (non-hydrogen) atoms. The summed E-state index contributed by atoms with van der Waals surface area (Å²) in [5, 5.41) is 7.19. The zero-order valence-corrected chi connectivity index (χ0v) is 17.4. The van der Waals surface area contributed by atoms with E-state index in [0.29, 0.717) is 16.9 Å². The lowest BCUT2D eigenvalue weighted by atomic mass is 10.1. The average molecular weight is 423 g/mol. The van der Waals surface area contributed by atoms with E-state index in [0.717, 1.165) is 38.2 Å². The summed E-state index contributed by atoms with van der Waals surface area (Å²) in [4.78, 5) is 19.6. The van der Waals surface area contributed by atoms with Gasteiger partial charge >= 0.3 is 0 Å². The Morgan fingerprint density at radius 2 is 2.00 bits per heavy atom. The van der Waals surface area contributed by atoms with Crippen LogP contribution < -0.4 is 21.7 Å². The molecule has 1 atom stereocenters. The van der Waals surface area contributed by atoms with Gasteiger partial charge in [0.1, 0.15) is 11.5 Å². The molecule has 8 nitrogen and oxygen atoms in total. The Balaban J connectivity index is 1.61. The van der Waals surface area contributed by atoms with Crippen LogP contribution in [0, 0.1) is 5.82 Å². The van der Waals surface area contributed by atoms with Crippen LogP contribution >= 0.6 is 0 Å². The molecular weight excluding hydrogens is 397 g/mol. The van der Waals surface area contributed by atoms with E-state index in [1.54, 1.807) is 41.2 Å². The van der Waals surface area contributed by atoms with Crippen LogP contribution in [0.15, 0.2) is 42.6 Å². The van der Waals surface area contributed by atoms with Crippen LogP contribution in [0.25, 0.3) is 11.3 Å². The highest BCUT2D eigenvalue weighted by molar-refractivity contribution is 6.07. The Hall–Kier alpha value is -3.46. The smallest absolute Gasteiger partial charge is 0.276 e. The first-order valence-corrected chi connectivity index (χ1v) is 10.3. The van der Waals surface area contributed by atoms with E-state index in [1.807, 2.05) is 7.05 Å². The van der Waals surface area contributed by atoms with Crippen molar-refractivity contribution in [3.63, 3.8) is 0 Å². The lowest BCUT2D eigenvalue weighted by Gasteiger charge is -2.24. The minimum Gasteiger partial charge on any atom is -0.397 e. The highest BCUT2D eigenvalue weighted by Gasteiger charge is 2.23. The molecular formula is C22H26FN7O. The summed E-state index contributed by atoms with van der Waals surface area (Å²) in [6.45, 7) is 1.62. The van der Waals surface area contributed by atoms with E-state index in [-0.39, 0.29) is 17.4 Å². The maximum Gasteiger partial charge on any atom is 0.276 e. The molecule has 1 aromatic carbocycles. The second-order valence-corrected chi connectivity index (χ2v) is 7.75. The number of hydrogen-bond donors (Lipinski definition) is 3. The number of carbonyl (C=O) groups is 1. The van der Waals surface area contributed by atoms with Crippen LogP contribution in [-0.4, -0.2) is 39.8 Å². The van der Waals surface area contributed by atoms with E-state index < -0.39 is 11.7 Å². The number of hydrogen-bond acceptors (Lipinski definition) is 6. The van der Waals surface area contributed by atoms with Gasteiger partial charge in [-0.05, 0) is 43.5 Å². The first kappa shape index (κ1) is 20.8. The Labute approximate surface area is 180 Å². The monoisotopic (exact) mass is 423 g/mol. The first-order valence-electron chi connectivity index (χ1n) is 10.3. The third-order valence-electron chi connectivity index (χ3n) is 5.52. The molecule has 162 valence electrons. The summed E-state index contributed by atoms with van der Waals surface area (Å²) < 4.78 is 15.9. The van der Waals surface area contributed by atoms with Crippen LogP contribution in [0.4, 0.5) is 21.6 Å². The van der Waals surface area contributed by atoms with Crippen molar-refractivity contribution < 1.29 is 9.18 Å². The SMILES string of the molecule is Cn1ncc(NC(=O)c2nc(-c3ccccc3F)ccc2N)c1N1CCC[C@@H](N)CC1. The molecule has 0 radical (unpaired) electrons. The summed E-state index contributed by atoms with van der Waals surface area (Å²) in [5.41, 5.74) is 13.6. The summed E-state index contributed by atoms with van der Waals surface area (Å²) >= 11 is 0. The lowest BCUT2D eigenvalue weighted by Crippen LogP contribution is -2.29. The summed E-state index contributed by atoms with van der Waals surface area (Å²) in [7, 11) is 1.83. The van der Waals surface area contributed by atoms with Crippen LogP contribution in [0.5, 0.6) is 0 Å². The van der Waals surface area contributed by atoms with E-state index in [9.17, 15) is 9.18 Å². The standard InChI is InChI=1S/C22H26FN7O/c1-29-22(30-11-4-5-14(24)10-12-30)19(13-26-29)28-21(31)20-17(25)8-9-18(27-20)15-6-2-3-7-16(15)23/h2-3,6-9,13-14H,4-5,10-12,24-25H2,1H3,(H,28,31)/t14-/m1/s1. The molecule has 0 bridgehead atoms. The Morgan fingerprint density at radius 1 is 1.19 bits per heavy atom. The number of nitrogens with two attached hydrogens (primary N) is 2. The number of halogens is 1. The summed E-state index contributed by atoms with van der Waals surface area (Å²) in [6, 6.07) is 9.61. The summed E-state index contributed by atoms with van der Waals surface area (Å²) in [6.07, 6.45) is 4.42. The number of amides is 1. The molecule has 0 aliphatic carbocycles. The highest BCUT2D eigenvalue weighted by Crippen LogP contribution is 2.29. The van der Waals surface area contributed by atoms with Gasteiger partial charge in [-0.3, -0.25) is 9.48 Å². The molecule has 1 saturated heterocycles. The van der Waals surface area contributed by atoms with Crippen LogP contribution in [0.3, 0.4) is 0 Å². The quantitative estimate of drug-likeness (QED) is 0.594. The van der Waals surface area contributed by atoms with Gasteiger partial charge in [0.25, 0.3) is 5.91 Å². The Bertz CT molecular complexity index is 1100. The van der Waals surface area contributed by atoms with Gasteiger partial charge in [0.05, 0.1) is 17.6 Å². The maximum absolute atomic E-state index is 14.2. The molecule has 1 aliphatic rings. The number of pyridine rings is 1. The molecule has 3 aromatic rings. The zero-order chi connectivity index (χ0) is 22.0. The topological polar surface area (TPSA) is 115 Å². The molecule has 9 heteroatoms. The molecule has 0 spiro atoms. The normalized spacial score (nSPS) is 16.7. The predicted molar refractivity (Wildman–Crippen MR) is 119 cm³/mol. The average Bonchev–Trinajstić information content (AvgIpc) is 2.97. The molecule has 5 N–H and O–H groups in total. The van der Waals surface area contributed by atoms with Gasteiger partial charge < -0.3 is 21.7 Å². The van der Waals surface area contributed by atoms with Gasteiger partial charge in [-0.15, -0.1) is 0 Å². The van der Waals surface area contributed by atoms with E-state index >= 15 is 0 Å². The third kappa shape index (κ3) is 4.36. The number of nitrogen functional groups attached to an aromatic ring is 1. The first-order chi connectivity index (χ1) is 14.9. The number of nitrogens with one attached hydrogen (secondary N) is 1. The van der Waals surface area contributed by atoms with Gasteiger partial charge in [0.15, 0.2) is 11.5 Å². The molecule has 2 aromatic heterocycles. The molecule has 0 unspecified atom stereocenters. The van der Waals surface area contributed by atoms with Crippen LogP contribution in [0.1, 0.15) is 29.8 Å². The lowest BCUT2D eigenvalue weighted by molar-refractivity contribution is 0.102. The van der Waals surface area contributed by atoms with Crippen molar-refractivity contribution in [3.05, 3.63) is 54.1 Å². The Morgan fingerprint density at radius 3 is 2.81 bits per heavy atom. The van der Waals surface area contributed by atoms with Gasteiger partial charge in [0, 0.05) is 31.7 Å². The highest BCUT2D eigenvalue weighted by atomic mass is 19.1. The fourth-order valence-electron chi connectivity index (χ4n) is 3.88. The minimum atomic E-state index is -0.475. The van der Waals surface area contributed by atoms with Crippen molar-refractivity contribution in [1.29, 1.82) is 0 Å². The number of aromatic nitrogens is 3. The van der Waals surface area contributed by atoms with E-state index in [4.69, 9.17) is 11.5 Å². The second kappa shape index (κ2) is 8.73. The molecule has 3 heterocycles. The number of nitrogens with zero attached hydrogens (tertiary/aromatic N) is 4. The van der Waals surface area contributed by atoms with E-state index in [1.165, 1.54) is 6.07 Å². The number of anilines is 3. The van der Waals surface area contributed by atoms with Gasteiger partial charge in [-0.2, -0.15) is 5.10 Å². The van der Waals surface area contributed by atoms with Crippen molar-refractivity contribution >= 4 is 23.1 Å². The number of carbonyl (C=O) groups excluding carboxylic acids is 1. The van der Waals surface area contributed by atoms with Crippen molar-refractivity contribution in [3.8, 4) is 11.3 Å². The summed E-state index contributed by atoms with van der Waals surface area (Å²) in [5.74, 6) is -0.0808. The molecule has 1 aliphatic heterocycles.